The summed E-state index contributed by atoms with van der Waals surface area (Å²) in [6.45, 7) is -2.01. The van der Waals surface area contributed by atoms with E-state index in [1.165, 1.54) is 48.5 Å². The summed E-state index contributed by atoms with van der Waals surface area (Å²) in [5.41, 5.74) is -2.07. The first kappa shape index (κ1) is 39.8. The highest BCUT2D eigenvalue weighted by molar-refractivity contribution is 5.89. The average molecular weight is 729 g/mol. The van der Waals surface area contributed by atoms with Crippen molar-refractivity contribution in [3.63, 3.8) is 0 Å². The topological polar surface area (TPSA) is 309 Å². The van der Waals surface area contributed by atoms with Gasteiger partial charge in [-0.2, -0.15) is 0 Å². The lowest BCUT2D eigenvalue weighted by Gasteiger charge is -2.39. The van der Waals surface area contributed by atoms with E-state index >= 15 is 0 Å². The van der Waals surface area contributed by atoms with Gasteiger partial charge in [0.15, 0.2) is 5.60 Å². The molecule has 19 heteroatoms. The summed E-state index contributed by atoms with van der Waals surface area (Å²) in [6, 6.07) is 11.4. The van der Waals surface area contributed by atoms with Crippen LogP contribution in [0.2, 0.25) is 0 Å². The molecule has 2 aliphatic rings. The molecule has 0 bridgehead atoms. The second kappa shape index (κ2) is 17.5. The molecule has 0 aromatic heterocycles. The lowest BCUT2D eigenvalue weighted by atomic mass is 9.96. The summed E-state index contributed by atoms with van der Waals surface area (Å²) in [7, 11) is 0. The molecule has 2 aromatic carbocycles. The van der Waals surface area contributed by atoms with E-state index in [1.54, 1.807) is 0 Å². The van der Waals surface area contributed by atoms with E-state index in [9.17, 15) is 65.4 Å². The van der Waals surface area contributed by atoms with E-state index < -0.39 is 111 Å². The molecule has 0 spiro atoms. The third-order valence-corrected chi connectivity index (χ3v) is 8.12. The van der Waals surface area contributed by atoms with E-state index in [-0.39, 0.29) is 24.7 Å². The second-order valence-corrected chi connectivity index (χ2v) is 11.9. The normalized spacial score (nSPS) is 30.5. The van der Waals surface area contributed by atoms with Gasteiger partial charge in [0.1, 0.15) is 73.5 Å². The van der Waals surface area contributed by atoms with E-state index in [4.69, 9.17) is 28.4 Å². The van der Waals surface area contributed by atoms with Gasteiger partial charge in [0.05, 0.1) is 26.1 Å². The molecule has 51 heavy (non-hydrogen) atoms. The third kappa shape index (κ3) is 10.1. The molecule has 1 unspecified atom stereocenters. The number of carboxylic acids is 1. The molecule has 19 nitrogen and oxygen atoms in total. The summed E-state index contributed by atoms with van der Waals surface area (Å²) in [6.07, 6.45) is -17.0. The minimum atomic E-state index is -2.86. The van der Waals surface area contributed by atoms with Gasteiger partial charge >= 0.3 is 17.9 Å². The van der Waals surface area contributed by atoms with Gasteiger partial charge in [0.25, 0.3) is 0 Å². The summed E-state index contributed by atoms with van der Waals surface area (Å²) < 4.78 is 31.6. The maximum Gasteiger partial charge on any atom is 0.336 e. The number of hydrogen-bond acceptors (Lipinski definition) is 18. The maximum absolute atomic E-state index is 12.4. The number of aliphatic hydroxyl groups is 9. The quantitative estimate of drug-likeness (QED) is 0.0793. The first-order valence-corrected chi connectivity index (χ1v) is 15.5. The van der Waals surface area contributed by atoms with Gasteiger partial charge in [-0.15, -0.1) is 0 Å². The number of carbonyl (C=O) groups is 3. The van der Waals surface area contributed by atoms with Gasteiger partial charge in [-0.25, -0.2) is 4.79 Å². The van der Waals surface area contributed by atoms with Gasteiger partial charge in [-0.3, -0.25) is 9.59 Å². The Labute approximate surface area is 289 Å². The zero-order valence-electron chi connectivity index (χ0n) is 26.8. The lowest BCUT2D eigenvalue weighted by molar-refractivity contribution is -0.277. The number of carboxylic acid groups (broad SMARTS) is 1. The van der Waals surface area contributed by atoms with Crippen molar-refractivity contribution in [3.05, 3.63) is 59.7 Å². The van der Waals surface area contributed by atoms with Gasteiger partial charge in [-0.1, -0.05) is 24.3 Å². The SMILES string of the molecule is O=C(CC(O)(CC(=O)OCc1ccc(O[C@H]2O[C@@H](CO)[C@H](O)[C@@H](O)[C@@H]2O)cc1)C(=O)O)OCc1ccc(O[C@@H]2O[C@H](CO)[C@H](O)[C@H](O)[C@@H]2O)cc1. The largest absolute Gasteiger partial charge is 0.479 e. The van der Waals surface area contributed by atoms with Gasteiger partial charge in [0.2, 0.25) is 12.6 Å². The van der Waals surface area contributed by atoms with Crippen LogP contribution in [0.5, 0.6) is 11.5 Å². The van der Waals surface area contributed by atoms with Gasteiger partial charge in [-0.05, 0) is 35.4 Å². The van der Waals surface area contributed by atoms with Crippen LogP contribution in [-0.4, -0.2) is 149 Å². The van der Waals surface area contributed by atoms with Crippen LogP contribution in [0, 0.1) is 0 Å². The highest BCUT2D eigenvalue weighted by Gasteiger charge is 2.46. The minimum absolute atomic E-state index is 0.144. The zero-order valence-corrected chi connectivity index (χ0v) is 26.8. The maximum atomic E-state index is 12.4. The summed E-state index contributed by atoms with van der Waals surface area (Å²) >= 11 is 0. The number of ether oxygens (including phenoxy) is 6. The molecule has 2 fully saturated rings. The van der Waals surface area contributed by atoms with Crippen molar-refractivity contribution >= 4 is 17.9 Å². The first-order valence-electron chi connectivity index (χ1n) is 15.5. The van der Waals surface area contributed by atoms with Crippen LogP contribution in [-0.2, 0) is 46.5 Å². The van der Waals surface area contributed by atoms with Crippen molar-refractivity contribution < 1.29 is 93.9 Å². The third-order valence-electron chi connectivity index (χ3n) is 8.12. The molecule has 0 amide bonds. The van der Waals surface area contributed by atoms with Crippen molar-refractivity contribution in [2.24, 2.45) is 0 Å². The van der Waals surface area contributed by atoms with Crippen LogP contribution >= 0.6 is 0 Å². The Morgan fingerprint density at radius 3 is 1.25 bits per heavy atom. The number of carbonyl (C=O) groups excluding carboxylic acids is 2. The molecule has 2 aliphatic heterocycles. The molecule has 2 aromatic rings. The van der Waals surface area contributed by atoms with Crippen molar-refractivity contribution in [2.75, 3.05) is 13.2 Å². The molecular formula is C32H40O19. The van der Waals surface area contributed by atoms with E-state index in [0.29, 0.717) is 11.1 Å². The summed E-state index contributed by atoms with van der Waals surface area (Å²) in [5, 5.41) is 98.5. The Balaban J connectivity index is 1.23. The number of rotatable bonds is 15. The monoisotopic (exact) mass is 728 g/mol. The van der Waals surface area contributed by atoms with E-state index in [1.807, 2.05) is 0 Å². The Kier molecular flexibility index (Phi) is 13.6. The second-order valence-electron chi connectivity index (χ2n) is 11.9. The lowest BCUT2D eigenvalue weighted by Crippen LogP contribution is -2.60. The van der Waals surface area contributed by atoms with E-state index in [0.717, 1.165) is 0 Å². The molecule has 0 radical (unpaired) electrons. The van der Waals surface area contributed by atoms with Crippen LogP contribution < -0.4 is 9.47 Å². The predicted molar refractivity (Wildman–Crippen MR) is 163 cm³/mol. The minimum Gasteiger partial charge on any atom is -0.479 e. The number of benzene rings is 2. The predicted octanol–water partition coefficient (Wildman–Crippen LogP) is -3.57. The van der Waals surface area contributed by atoms with Crippen LogP contribution in [0.1, 0.15) is 24.0 Å². The molecule has 10 N–H and O–H groups in total. The van der Waals surface area contributed by atoms with Crippen molar-refractivity contribution in [3.8, 4) is 11.5 Å². The highest BCUT2D eigenvalue weighted by atomic mass is 16.7. The number of aliphatic hydroxyl groups excluding tert-OH is 8. The van der Waals surface area contributed by atoms with Gasteiger partial charge < -0.3 is 79.5 Å². The fourth-order valence-corrected chi connectivity index (χ4v) is 5.05. The molecular weight excluding hydrogens is 688 g/mol. The Hall–Kier alpha value is -3.99. The van der Waals surface area contributed by atoms with Crippen LogP contribution in [0.4, 0.5) is 0 Å². The number of aliphatic carboxylic acids is 1. The molecule has 0 saturated carbocycles. The molecule has 2 saturated heterocycles. The van der Waals surface area contributed by atoms with Crippen LogP contribution in [0.25, 0.3) is 0 Å². The van der Waals surface area contributed by atoms with Crippen molar-refractivity contribution in [1.82, 2.24) is 0 Å². The molecule has 2 heterocycles. The molecule has 4 rings (SSSR count). The number of esters is 2. The average Bonchev–Trinajstić information content (AvgIpc) is 3.11. The zero-order chi connectivity index (χ0) is 37.5. The van der Waals surface area contributed by atoms with Crippen LogP contribution in [0.3, 0.4) is 0 Å². The Morgan fingerprint density at radius 2 is 0.941 bits per heavy atom. The molecule has 282 valence electrons. The first-order chi connectivity index (χ1) is 24.1. The fraction of sp³-hybridized carbons (Fsp3) is 0.531. The standard InChI is InChI=1S/C32H40O19/c33-11-19-23(37)25(39)27(41)29(50-19)48-17-5-1-15(2-6-17)13-46-21(35)9-32(45,31(43)44)10-22(36)47-14-16-3-7-18(8-4-16)49-30-28(42)26(40)24(38)20(12-34)51-30/h1-8,19-20,23-30,33-34,37-42,45H,9-14H2,(H,43,44)/t19-,20+,23-,24-,25+,26-,27-,28-,29-,30+,32?/m0/s1. The summed E-state index contributed by atoms with van der Waals surface area (Å²) in [4.78, 5) is 36.7. The highest BCUT2D eigenvalue weighted by Crippen LogP contribution is 2.27. The Bertz CT molecular complexity index is 1350. The molecule has 11 atom stereocenters. The number of hydrogen-bond donors (Lipinski definition) is 10. The fourth-order valence-electron chi connectivity index (χ4n) is 5.05. The van der Waals surface area contributed by atoms with Crippen molar-refractivity contribution in [2.45, 2.75) is 93.1 Å². The van der Waals surface area contributed by atoms with Crippen LogP contribution in [0.15, 0.2) is 48.5 Å². The molecule has 0 aliphatic carbocycles. The van der Waals surface area contributed by atoms with E-state index in [2.05, 4.69) is 0 Å². The smallest absolute Gasteiger partial charge is 0.336 e. The van der Waals surface area contributed by atoms with Gasteiger partial charge in [0, 0.05) is 0 Å². The van der Waals surface area contributed by atoms with Crippen molar-refractivity contribution in [1.29, 1.82) is 0 Å². The Morgan fingerprint density at radius 1 is 0.588 bits per heavy atom. The summed E-state index contributed by atoms with van der Waals surface area (Å²) in [5.74, 6) is -3.88.